The van der Waals surface area contributed by atoms with Crippen LogP contribution in [0, 0.1) is 17.2 Å². The normalized spacial score (nSPS) is 21.9. The van der Waals surface area contributed by atoms with Crippen molar-refractivity contribution in [2.75, 3.05) is 18.0 Å². The summed E-state index contributed by atoms with van der Waals surface area (Å²) < 4.78 is 0. The van der Waals surface area contributed by atoms with Gasteiger partial charge in [-0.25, -0.2) is 9.97 Å². The lowest BCUT2D eigenvalue weighted by Crippen LogP contribution is -2.43. The van der Waals surface area contributed by atoms with E-state index in [0.29, 0.717) is 17.4 Å². The van der Waals surface area contributed by atoms with Gasteiger partial charge in [-0.1, -0.05) is 0 Å². The summed E-state index contributed by atoms with van der Waals surface area (Å²) in [6.07, 6.45) is 5.42. The van der Waals surface area contributed by atoms with E-state index in [4.69, 9.17) is 11.0 Å². The lowest BCUT2D eigenvalue weighted by atomic mass is 9.92. The number of hydrogen-bond donors (Lipinski definition) is 1. The van der Waals surface area contributed by atoms with Gasteiger partial charge in [0.05, 0.1) is 0 Å². The molecule has 0 amide bonds. The molecule has 0 bridgehead atoms. The third-order valence-corrected chi connectivity index (χ3v) is 3.29. The number of nitrogens with two attached hydrogens (primary N) is 1. The molecule has 1 aromatic rings. The predicted molar refractivity (Wildman–Crippen MR) is 65.3 cm³/mol. The summed E-state index contributed by atoms with van der Waals surface area (Å²) in [5.41, 5.74) is 6.35. The first-order valence-electron chi connectivity index (χ1n) is 5.94. The molecule has 1 aliphatic heterocycles. The second-order valence-corrected chi connectivity index (χ2v) is 4.55. The van der Waals surface area contributed by atoms with Gasteiger partial charge in [0.15, 0.2) is 11.5 Å². The van der Waals surface area contributed by atoms with Crippen molar-refractivity contribution in [3.63, 3.8) is 0 Å². The number of rotatable bonds is 2. The lowest BCUT2D eigenvalue weighted by Gasteiger charge is -2.35. The molecule has 0 aliphatic carbocycles. The molecule has 0 saturated carbocycles. The Labute approximate surface area is 101 Å². The summed E-state index contributed by atoms with van der Waals surface area (Å²) in [6.45, 7) is 3.83. The second kappa shape index (κ2) is 5.11. The van der Waals surface area contributed by atoms with Crippen LogP contribution in [-0.2, 0) is 0 Å². The van der Waals surface area contributed by atoms with Gasteiger partial charge in [-0.2, -0.15) is 5.26 Å². The largest absolute Gasteiger partial charge is 0.354 e. The molecular formula is C12H17N5. The minimum absolute atomic E-state index is 0.181. The van der Waals surface area contributed by atoms with Crippen LogP contribution in [0.1, 0.15) is 25.5 Å². The molecule has 1 aliphatic rings. The summed E-state index contributed by atoms with van der Waals surface area (Å²) in [7, 11) is 0. The van der Waals surface area contributed by atoms with Gasteiger partial charge in [-0.15, -0.1) is 0 Å². The van der Waals surface area contributed by atoms with Crippen LogP contribution in [0.5, 0.6) is 0 Å². The van der Waals surface area contributed by atoms with Gasteiger partial charge in [0.25, 0.3) is 0 Å². The molecule has 2 rings (SSSR count). The SMILES string of the molecule is CC(N)C1CCCN(c2nccnc2C#N)C1. The number of nitrogens with zero attached hydrogens (tertiary/aromatic N) is 4. The van der Waals surface area contributed by atoms with Gasteiger partial charge < -0.3 is 10.6 Å². The van der Waals surface area contributed by atoms with Crippen molar-refractivity contribution >= 4 is 5.82 Å². The van der Waals surface area contributed by atoms with E-state index in [2.05, 4.69) is 20.9 Å². The maximum Gasteiger partial charge on any atom is 0.183 e. The highest BCUT2D eigenvalue weighted by Crippen LogP contribution is 2.24. The van der Waals surface area contributed by atoms with Crippen molar-refractivity contribution < 1.29 is 0 Å². The Morgan fingerprint density at radius 1 is 1.53 bits per heavy atom. The topological polar surface area (TPSA) is 78.8 Å². The fraction of sp³-hybridized carbons (Fsp3) is 0.583. The highest BCUT2D eigenvalue weighted by molar-refractivity contribution is 5.49. The number of aromatic nitrogens is 2. The standard InChI is InChI=1S/C12H17N5/c1-9(14)10-3-2-6-17(8-10)12-11(7-13)15-4-5-16-12/h4-5,9-10H,2-3,6,8,14H2,1H3. The highest BCUT2D eigenvalue weighted by Gasteiger charge is 2.25. The molecule has 1 fully saturated rings. The first-order valence-corrected chi connectivity index (χ1v) is 5.94. The quantitative estimate of drug-likeness (QED) is 0.818. The average Bonchev–Trinajstić information content (AvgIpc) is 2.39. The Morgan fingerprint density at radius 3 is 3.00 bits per heavy atom. The van der Waals surface area contributed by atoms with Crippen molar-refractivity contribution in [2.24, 2.45) is 11.7 Å². The van der Waals surface area contributed by atoms with Gasteiger partial charge in [-0.05, 0) is 25.7 Å². The molecule has 0 aromatic carbocycles. The van der Waals surface area contributed by atoms with Crippen LogP contribution < -0.4 is 10.6 Å². The number of piperidine rings is 1. The minimum Gasteiger partial charge on any atom is -0.354 e. The van der Waals surface area contributed by atoms with Crippen LogP contribution in [-0.4, -0.2) is 29.1 Å². The Morgan fingerprint density at radius 2 is 2.29 bits per heavy atom. The number of anilines is 1. The van der Waals surface area contributed by atoms with Crippen LogP contribution in [0.15, 0.2) is 12.4 Å². The summed E-state index contributed by atoms with van der Waals surface area (Å²) in [5.74, 6) is 1.16. The summed E-state index contributed by atoms with van der Waals surface area (Å²) in [5, 5.41) is 9.02. The van der Waals surface area contributed by atoms with Crippen LogP contribution in [0.2, 0.25) is 0 Å². The fourth-order valence-corrected chi connectivity index (χ4v) is 2.27. The van der Waals surface area contributed by atoms with Crippen molar-refractivity contribution in [1.29, 1.82) is 5.26 Å². The first-order chi connectivity index (χ1) is 8.22. The monoisotopic (exact) mass is 231 g/mol. The second-order valence-electron chi connectivity index (χ2n) is 4.55. The van der Waals surface area contributed by atoms with Crippen LogP contribution >= 0.6 is 0 Å². The van der Waals surface area contributed by atoms with Gasteiger partial charge in [0, 0.05) is 31.5 Å². The van der Waals surface area contributed by atoms with Crippen LogP contribution in [0.4, 0.5) is 5.82 Å². The Balaban J connectivity index is 2.19. The van der Waals surface area contributed by atoms with E-state index < -0.39 is 0 Å². The third-order valence-electron chi connectivity index (χ3n) is 3.29. The number of hydrogen-bond acceptors (Lipinski definition) is 5. The first kappa shape index (κ1) is 11.8. The van der Waals surface area contributed by atoms with Gasteiger partial charge in [-0.3, -0.25) is 0 Å². The molecule has 5 heteroatoms. The van der Waals surface area contributed by atoms with E-state index in [0.717, 1.165) is 25.9 Å². The Kier molecular flexibility index (Phi) is 3.55. The van der Waals surface area contributed by atoms with E-state index in [-0.39, 0.29) is 6.04 Å². The molecule has 2 atom stereocenters. The van der Waals surface area contributed by atoms with Crippen LogP contribution in [0.25, 0.3) is 0 Å². The van der Waals surface area contributed by atoms with Crippen LogP contribution in [0.3, 0.4) is 0 Å². The molecule has 2 unspecified atom stereocenters. The molecule has 0 spiro atoms. The molecule has 0 radical (unpaired) electrons. The minimum atomic E-state index is 0.181. The van der Waals surface area contributed by atoms with Crippen molar-refractivity contribution in [3.05, 3.63) is 18.1 Å². The summed E-state index contributed by atoms with van der Waals surface area (Å²) >= 11 is 0. The Bertz CT molecular complexity index is 423. The van der Waals surface area contributed by atoms with Gasteiger partial charge in [0.1, 0.15) is 6.07 Å². The molecule has 2 N–H and O–H groups in total. The van der Waals surface area contributed by atoms with Crippen molar-refractivity contribution in [2.45, 2.75) is 25.8 Å². The van der Waals surface area contributed by atoms with Gasteiger partial charge in [0.2, 0.25) is 0 Å². The van der Waals surface area contributed by atoms with E-state index in [1.807, 2.05) is 6.92 Å². The molecule has 90 valence electrons. The van der Waals surface area contributed by atoms with E-state index in [1.165, 1.54) is 0 Å². The smallest absolute Gasteiger partial charge is 0.183 e. The maximum atomic E-state index is 9.02. The summed E-state index contributed by atoms with van der Waals surface area (Å²) in [6, 6.07) is 2.27. The van der Waals surface area contributed by atoms with Crippen molar-refractivity contribution in [1.82, 2.24) is 9.97 Å². The third kappa shape index (κ3) is 2.53. The highest BCUT2D eigenvalue weighted by atomic mass is 15.2. The molecule has 2 heterocycles. The zero-order valence-corrected chi connectivity index (χ0v) is 10.0. The molecule has 5 nitrogen and oxygen atoms in total. The fourth-order valence-electron chi connectivity index (χ4n) is 2.27. The van der Waals surface area contributed by atoms with E-state index in [1.54, 1.807) is 12.4 Å². The zero-order valence-electron chi connectivity index (χ0n) is 10.0. The molecular weight excluding hydrogens is 214 g/mol. The summed E-state index contributed by atoms with van der Waals surface area (Å²) in [4.78, 5) is 10.4. The molecule has 1 aromatic heterocycles. The lowest BCUT2D eigenvalue weighted by molar-refractivity contribution is 0.363. The zero-order chi connectivity index (χ0) is 12.3. The Hall–Kier alpha value is -1.67. The van der Waals surface area contributed by atoms with Gasteiger partial charge >= 0.3 is 0 Å². The van der Waals surface area contributed by atoms with Crippen molar-refractivity contribution in [3.8, 4) is 6.07 Å². The van der Waals surface area contributed by atoms with E-state index >= 15 is 0 Å². The molecule has 1 saturated heterocycles. The molecule has 17 heavy (non-hydrogen) atoms. The maximum absolute atomic E-state index is 9.02. The predicted octanol–water partition coefficient (Wildman–Crippen LogP) is 0.912. The number of nitriles is 1. The van der Waals surface area contributed by atoms with E-state index in [9.17, 15) is 0 Å². The average molecular weight is 231 g/mol.